The Morgan fingerprint density at radius 3 is 2.46 bits per heavy atom. The molecule has 2 aromatic carbocycles. The van der Waals surface area contributed by atoms with Crippen molar-refractivity contribution >= 4 is 39.3 Å². The van der Waals surface area contributed by atoms with E-state index in [9.17, 15) is 24.3 Å². The highest BCUT2D eigenvalue weighted by Crippen LogP contribution is 2.56. The van der Waals surface area contributed by atoms with Crippen molar-refractivity contribution in [1.82, 2.24) is 4.90 Å². The molecule has 1 heterocycles. The molecule has 1 aliphatic heterocycles. The van der Waals surface area contributed by atoms with E-state index < -0.39 is 23.7 Å². The lowest BCUT2D eigenvalue weighted by molar-refractivity contribution is -0.140. The monoisotopic (exact) mass is 587 g/mol. The van der Waals surface area contributed by atoms with Crippen molar-refractivity contribution in [2.45, 2.75) is 25.3 Å². The average molecular weight is 588 g/mol. The molecule has 198 valence electrons. The maximum Gasteiger partial charge on any atom is 0.234 e. The predicted molar refractivity (Wildman–Crippen MR) is 146 cm³/mol. The highest BCUT2D eigenvalue weighted by Gasteiger charge is 2.56. The minimum Gasteiger partial charge on any atom is -0.491 e. The average Bonchev–Trinajstić information content (AvgIpc) is 3.19. The normalized spacial score (nSPS) is 26.2. The summed E-state index contributed by atoms with van der Waals surface area (Å²) in [6, 6.07) is 16.7. The molecule has 1 saturated heterocycles. The van der Waals surface area contributed by atoms with Crippen molar-refractivity contribution in [2.24, 2.45) is 17.8 Å². The number of rotatable bonds is 6. The number of amides is 2. The van der Waals surface area contributed by atoms with Gasteiger partial charge in [-0.05, 0) is 46.3 Å². The number of Topliss-reactive ketones (excluding diaryl/α,β-unsaturated/α-hetero) is 1. The number of hydrogen-bond acceptors (Lipinski definition) is 6. The van der Waals surface area contributed by atoms with Gasteiger partial charge in [0.05, 0.1) is 29.5 Å². The molecule has 0 saturated carbocycles. The molecule has 0 spiro atoms. The number of aliphatic hydroxyl groups excluding tert-OH is 1. The van der Waals surface area contributed by atoms with E-state index in [1.807, 2.05) is 54.6 Å². The number of halogens is 1. The molecule has 2 amide bonds. The third-order valence-corrected chi connectivity index (χ3v) is 8.77. The molecule has 1 N–H and O–H groups in total. The predicted octanol–water partition coefficient (Wildman–Crippen LogP) is 4.02. The summed E-state index contributed by atoms with van der Waals surface area (Å²) in [5.74, 6) is -2.61. The number of benzene rings is 2. The highest BCUT2D eigenvalue weighted by atomic mass is 79.9. The number of carbonyl (C=O) groups excluding carboxylic acids is 4. The number of imide groups is 1. The van der Waals surface area contributed by atoms with Crippen molar-refractivity contribution < 1.29 is 29.0 Å². The summed E-state index contributed by atoms with van der Waals surface area (Å²) in [7, 11) is 0. The number of para-hydroxylation sites is 1. The SMILES string of the molecule is O=C1C=C(Br)C(=O)C2=C1C(c1ccccc1OCCO)C1=CCC3C(=O)N(Cc4ccccc4)C(=O)C3C1C2. The molecule has 4 aliphatic rings. The Hall–Kier alpha value is -3.62. The Kier molecular flexibility index (Phi) is 6.69. The standard InChI is InChI=1S/C31H26BrNO6/c32-23-15-24(35)28-22(29(23)36)14-21-18(26(28)19-8-4-5-9-25(19)39-13-12-34)10-11-20-27(21)31(38)33(30(20)37)16-17-6-2-1-3-7-17/h1-10,15,20-21,26-27,34H,11-14,16H2. The summed E-state index contributed by atoms with van der Waals surface area (Å²) >= 11 is 3.25. The van der Waals surface area contributed by atoms with Gasteiger partial charge in [0, 0.05) is 28.7 Å². The molecule has 0 bridgehead atoms. The van der Waals surface area contributed by atoms with Crippen LogP contribution in [0.3, 0.4) is 0 Å². The van der Waals surface area contributed by atoms with Crippen molar-refractivity contribution in [3.8, 4) is 5.75 Å². The first-order chi connectivity index (χ1) is 18.9. The zero-order valence-electron chi connectivity index (χ0n) is 21.0. The third kappa shape index (κ3) is 4.22. The van der Waals surface area contributed by atoms with Crippen LogP contribution in [-0.2, 0) is 25.7 Å². The van der Waals surface area contributed by atoms with Crippen molar-refractivity contribution in [2.75, 3.05) is 13.2 Å². The molecular formula is C31H26BrNO6. The topological polar surface area (TPSA) is 101 Å². The van der Waals surface area contributed by atoms with Crippen LogP contribution in [0, 0.1) is 17.8 Å². The first kappa shape index (κ1) is 25.6. The zero-order chi connectivity index (χ0) is 27.3. The minimum absolute atomic E-state index is 0.0720. The summed E-state index contributed by atoms with van der Waals surface area (Å²) in [6.45, 7) is 0.0973. The lowest BCUT2D eigenvalue weighted by Crippen LogP contribution is -2.39. The number of hydrogen-bond donors (Lipinski definition) is 1. The van der Waals surface area contributed by atoms with Gasteiger partial charge in [0.15, 0.2) is 11.6 Å². The lowest BCUT2D eigenvalue weighted by Gasteiger charge is -2.42. The van der Waals surface area contributed by atoms with Crippen molar-refractivity contribution in [3.63, 3.8) is 0 Å². The van der Waals surface area contributed by atoms with E-state index in [1.54, 1.807) is 6.07 Å². The minimum atomic E-state index is -0.615. The smallest absolute Gasteiger partial charge is 0.234 e. The molecule has 0 aromatic heterocycles. The van der Waals surface area contributed by atoms with E-state index in [4.69, 9.17) is 4.74 Å². The number of likely N-dealkylation sites (tertiary alicyclic amines) is 1. The summed E-state index contributed by atoms with van der Waals surface area (Å²) in [6.07, 6.45) is 3.89. The Bertz CT molecular complexity index is 1490. The van der Waals surface area contributed by atoms with E-state index >= 15 is 0 Å². The van der Waals surface area contributed by atoms with Gasteiger partial charge in [0.25, 0.3) is 0 Å². The summed E-state index contributed by atoms with van der Waals surface area (Å²) in [5.41, 5.74) is 3.20. The fraction of sp³-hybridized carbons (Fsp3) is 0.290. The Morgan fingerprint density at radius 2 is 1.69 bits per heavy atom. The number of allylic oxidation sites excluding steroid dienone is 6. The maximum atomic E-state index is 13.9. The molecule has 3 aliphatic carbocycles. The Balaban J connectivity index is 1.45. The second kappa shape index (κ2) is 10.2. The lowest BCUT2D eigenvalue weighted by atomic mass is 9.59. The second-order valence-corrected chi connectivity index (χ2v) is 11.1. The highest BCUT2D eigenvalue weighted by molar-refractivity contribution is 9.12. The third-order valence-electron chi connectivity index (χ3n) is 8.18. The molecule has 4 atom stereocenters. The number of ether oxygens (including phenoxy) is 1. The van der Waals surface area contributed by atoms with Crippen LogP contribution in [0.25, 0.3) is 0 Å². The molecule has 39 heavy (non-hydrogen) atoms. The van der Waals surface area contributed by atoms with Gasteiger partial charge in [-0.25, -0.2) is 0 Å². The number of fused-ring (bicyclic) bond motifs is 3. The van der Waals surface area contributed by atoms with E-state index in [0.717, 1.165) is 11.1 Å². The van der Waals surface area contributed by atoms with Crippen LogP contribution < -0.4 is 4.74 Å². The van der Waals surface area contributed by atoms with Gasteiger partial charge in [0.2, 0.25) is 11.8 Å². The van der Waals surface area contributed by atoms with Gasteiger partial charge in [-0.2, -0.15) is 0 Å². The van der Waals surface area contributed by atoms with Crippen LogP contribution in [0.1, 0.15) is 29.9 Å². The summed E-state index contributed by atoms with van der Waals surface area (Å²) in [5, 5.41) is 9.37. The zero-order valence-corrected chi connectivity index (χ0v) is 22.6. The van der Waals surface area contributed by atoms with Crippen LogP contribution >= 0.6 is 15.9 Å². The fourth-order valence-corrected chi connectivity index (χ4v) is 7.00. The van der Waals surface area contributed by atoms with Crippen molar-refractivity contribution in [3.05, 3.63) is 99.1 Å². The molecule has 0 radical (unpaired) electrons. The first-order valence-electron chi connectivity index (χ1n) is 13.0. The van der Waals surface area contributed by atoms with Gasteiger partial charge in [0.1, 0.15) is 12.4 Å². The Labute approximate surface area is 234 Å². The van der Waals surface area contributed by atoms with Gasteiger partial charge in [-0.15, -0.1) is 0 Å². The van der Waals surface area contributed by atoms with Gasteiger partial charge in [-0.3, -0.25) is 24.1 Å². The van der Waals surface area contributed by atoms with E-state index in [-0.39, 0.29) is 54.0 Å². The van der Waals surface area contributed by atoms with Crippen LogP contribution in [-0.4, -0.2) is 46.6 Å². The van der Waals surface area contributed by atoms with E-state index in [2.05, 4.69) is 15.9 Å². The van der Waals surface area contributed by atoms with Gasteiger partial charge >= 0.3 is 0 Å². The molecule has 4 unspecified atom stereocenters. The van der Waals surface area contributed by atoms with Crippen LogP contribution in [0.5, 0.6) is 5.75 Å². The summed E-state index contributed by atoms with van der Waals surface area (Å²) in [4.78, 5) is 55.5. The van der Waals surface area contributed by atoms with E-state index in [1.165, 1.54) is 11.0 Å². The molecule has 6 rings (SSSR count). The largest absolute Gasteiger partial charge is 0.491 e. The van der Waals surface area contributed by atoms with Crippen LogP contribution in [0.15, 0.2) is 88.0 Å². The number of nitrogens with zero attached hydrogens (tertiary/aromatic N) is 1. The van der Waals surface area contributed by atoms with E-state index in [0.29, 0.717) is 28.9 Å². The fourth-order valence-electron chi connectivity index (χ4n) is 6.56. The van der Waals surface area contributed by atoms with Crippen molar-refractivity contribution in [1.29, 1.82) is 0 Å². The number of ketones is 2. The molecule has 2 aromatic rings. The Morgan fingerprint density at radius 1 is 0.949 bits per heavy atom. The molecule has 7 nitrogen and oxygen atoms in total. The number of aliphatic hydroxyl groups is 1. The molecule has 1 fully saturated rings. The van der Waals surface area contributed by atoms with Crippen LogP contribution in [0.2, 0.25) is 0 Å². The van der Waals surface area contributed by atoms with Gasteiger partial charge < -0.3 is 9.84 Å². The summed E-state index contributed by atoms with van der Waals surface area (Å²) < 4.78 is 6.03. The second-order valence-electron chi connectivity index (χ2n) is 10.3. The van der Waals surface area contributed by atoms with Gasteiger partial charge in [-0.1, -0.05) is 60.2 Å². The molecular weight excluding hydrogens is 562 g/mol. The quantitative estimate of drug-likeness (QED) is 0.311. The molecule has 8 heteroatoms. The van der Waals surface area contributed by atoms with Crippen LogP contribution in [0.4, 0.5) is 0 Å². The first-order valence-corrected chi connectivity index (χ1v) is 13.8. The number of carbonyl (C=O) groups is 4. The maximum absolute atomic E-state index is 13.9.